The average Bonchev–Trinajstić information content (AvgIpc) is 2.22. The van der Waals surface area contributed by atoms with Gasteiger partial charge in [-0.25, -0.2) is 4.99 Å². The third-order valence-electron chi connectivity index (χ3n) is 2.75. The summed E-state index contributed by atoms with van der Waals surface area (Å²) >= 11 is 0. The number of aliphatic imine (C=N–C) groups is 1. The molecule has 1 aliphatic heterocycles. The van der Waals surface area contributed by atoms with Gasteiger partial charge in [0, 0.05) is 19.5 Å². The van der Waals surface area contributed by atoms with Gasteiger partial charge < -0.3 is 27.0 Å². The Bertz CT molecular complexity index is 366. The third kappa shape index (κ3) is 5.94. The van der Waals surface area contributed by atoms with E-state index in [2.05, 4.69) is 41.3 Å². The molecule has 0 aromatic rings. The molecule has 0 spiro atoms. The molecule has 0 saturated carbocycles. The van der Waals surface area contributed by atoms with Gasteiger partial charge in [-0.3, -0.25) is 0 Å². The van der Waals surface area contributed by atoms with E-state index in [1.165, 1.54) is 0 Å². The second-order valence-corrected chi connectivity index (χ2v) is 6.64. The van der Waals surface area contributed by atoms with Crippen molar-refractivity contribution >= 4 is 5.96 Å². The maximum absolute atomic E-state index is 6.28. The number of nitrogens with one attached hydrogen (secondary N) is 2. The number of nitrogens with zero attached hydrogens (tertiary/aromatic N) is 2. The molecule has 6 nitrogen and oxygen atoms in total. The monoisotopic (exact) mass is 268 g/mol. The van der Waals surface area contributed by atoms with Crippen molar-refractivity contribution in [3.63, 3.8) is 0 Å². The van der Waals surface area contributed by atoms with Crippen LogP contribution in [-0.4, -0.2) is 43.7 Å². The Morgan fingerprint density at radius 2 is 2.05 bits per heavy atom. The summed E-state index contributed by atoms with van der Waals surface area (Å²) in [5.41, 5.74) is 11.5. The van der Waals surface area contributed by atoms with Crippen LogP contribution in [0.15, 0.2) is 16.9 Å². The van der Waals surface area contributed by atoms with Crippen LogP contribution >= 0.6 is 0 Å². The molecule has 0 bridgehead atoms. The lowest BCUT2D eigenvalue weighted by atomic mass is 9.97. The average molecular weight is 268 g/mol. The fourth-order valence-corrected chi connectivity index (χ4v) is 1.69. The lowest BCUT2D eigenvalue weighted by molar-refractivity contribution is 0.347. The van der Waals surface area contributed by atoms with E-state index in [0.29, 0.717) is 5.96 Å². The molecule has 0 aliphatic carbocycles. The molecule has 1 heterocycles. The van der Waals surface area contributed by atoms with Crippen molar-refractivity contribution in [2.45, 2.75) is 32.9 Å². The Kier molecular flexibility index (Phi) is 4.81. The van der Waals surface area contributed by atoms with Crippen LogP contribution in [-0.2, 0) is 0 Å². The van der Waals surface area contributed by atoms with Crippen LogP contribution in [0.2, 0.25) is 0 Å². The summed E-state index contributed by atoms with van der Waals surface area (Å²) in [6.45, 7) is 8.20. The van der Waals surface area contributed by atoms with Gasteiger partial charge in [-0.05, 0) is 25.6 Å². The number of guanidine groups is 1. The first-order valence-electron chi connectivity index (χ1n) is 6.62. The lowest BCUT2D eigenvalue weighted by Gasteiger charge is -2.31. The Labute approximate surface area is 116 Å². The van der Waals surface area contributed by atoms with E-state index in [9.17, 15) is 0 Å². The lowest BCUT2D eigenvalue weighted by Crippen LogP contribution is -2.50. The molecule has 110 valence electrons. The highest BCUT2D eigenvalue weighted by atomic mass is 15.2. The van der Waals surface area contributed by atoms with Crippen molar-refractivity contribution in [3.8, 4) is 0 Å². The van der Waals surface area contributed by atoms with Gasteiger partial charge in [-0.15, -0.1) is 0 Å². The zero-order valence-corrected chi connectivity index (χ0v) is 12.7. The van der Waals surface area contributed by atoms with Crippen LogP contribution < -0.4 is 22.1 Å². The first-order chi connectivity index (χ1) is 8.60. The summed E-state index contributed by atoms with van der Waals surface area (Å²) < 4.78 is 0. The minimum absolute atomic E-state index is 0.187. The van der Waals surface area contributed by atoms with E-state index in [1.807, 2.05) is 20.2 Å². The molecule has 0 radical (unpaired) electrons. The summed E-state index contributed by atoms with van der Waals surface area (Å²) in [4.78, 5) is 6.38. The zero-order chi connectivity index (χ0) is 14.7. The van der Waals surface area contributed by atoms with Gasteiger partial charge in [-0.2, -0.15) is 0 Å². The molecular weight excluding hydrogens is 240 g/mol. The first-order valence-corrected chi connectivity index (χ1v) is 6.62. The van der Waals surface area contributed by atoms with E-state index in [0.717, 1.165) is 25.3 Å². The highest BCUT2D eigenvalue weighted by molar-refractivity contribution is 5.81. The predicted molar refractivity (Wildman–Crippen MR) is 80.4 cm³/mol. The normalized spacial score (nSPS) is 23.7. The third-order valence-corrected chi connectivity index (χ3v) is 2.75. The van der Waals surface area contributed by atoms with Crippen molar-refractivity contribution in [2.24, 2.45) is 21.9 Å². The van der Waals surface area contributed by atoms with Gasteiger partial charge in [0.25, 0.3) is 0 Å². The molecule has 6 N–H and O–H groups in total. The smallest absolute Gasteiger partial charge is 0.196 e. The molecule has 6 heteroatoms. The van der Waals surface area contributed by atoms with Gasteiger partial charge in [-0.1, -0.05) is 20.8 Å². The highest BCUT2D eigenvalue weighted by Crippen LogP contribution is 2.17. The largest absolute Gasteiger partial charge is 0.371 e. The number of hydrogen-bond donors (Lipinski definition) is 4. The maximum atomic E-state index is 6.28. The van der Waals surface area contributed by atoms with Crippen LogP contribution in [0.3, 0.4) is 0 Å². The van der Waals surface area contributed by atoms with Gasteiger partial charge in [0.15, 0.2) is 5.96 Å². The Morgan fingerprint density at radius 3 is 2.58 bits per heavy atom. The van der Waals surface area contributed by atoms with Gasteiger partial charge >= 0.3 is 0 Å². The zero-order valence-electron chi connectivity index (χ0n) is 12.7. The van der Waals surface area contributed by atoms with Gasteiger partial charge in [0.1, 0.15) is 11.5 Å². The second kappa shape index (κ2) is 5.79. The van der Waals surface area contributed by atoms with Crippen molar-refractivity contribution in [1.29, 1.82) is 0 Å². The van der Waals surface area contributed by atoms with Crippen LogP contribution in [0.5, 0.6) is 0 Å². The summed E-state index contributed by atoms with van der Waals surface area (Å²) in [7, 11) is 4.03. The SMILES string of the molecule is CN(C)CCC1(N)C=C(NCC(C)(C)C)NC(N)=N1. The van der Waals surface area contributed by atoms with Crippen LogP contribution in [0.4, 0.5) is 0 Å². The van der Waals surface area contributed by atoms with Crippen molar-refractivity contribution in [2.75, 3.05) is 27.2 Å². The van der Waals surface area contributed by atoms with Crippen LogP contribution in [0.25, 0.3) is 0 Å². The fraction of sp³-hybridized carbons (Fsp3) is 0.769. The van der Waals surface area contributed by atoms with Crippen molar-refractivity contribution in [3.05, 3.63) is 11.9 Å². The van der Waals surface area contributed by atoms with E-state index in [4.69, 9.17) is 11.5 Å². The predicted octanol–water partition coefficient (Wildman–Crippen LogP) is -0.0119. The van der Waals surface area contributed by atoms with Gasteiger partial charge in [0.05, 0.1) is 0 Å². The summed E-state index contributed by atoms with van der Waals surface area (Å²) in [5.74, 6) is 1.20. The minimum atomic E-state index is -0.736. The fourth-order valence-electron chi connectivity index (χ4n) is 1.69. The minimum Gasteiger partial charge on any atom is -0.371 e. The molecule has 0 amide bonds. The van der Waals surface area contributed by atoms with E-state index < -0.39 is 5.66 Å². The topological polar surface area (TPSA) is 91.7 Å². The van der Waals surface area contributed by atoms with E-state index in [1.54, 1.807) is 0 Å². The molecule has 0 aromatic heterocycles. The Morgan fingerprint density at radius 1 is 1.42 bits per heavy atom. The Balaban J connectivity index is 2.70. The molecule has 1 rings (SSSR count). The van der Waals surface area contributed by atoms with Crippen LogP contribution in [0, 0.1) is 5.41 Å². The van der Waals surface area contributed by atoms with Crippen LogP contribution in [0.1, 0.15) is 27.2 Å². The maximum Gasteiger partial charge on any atom is 0.196 e. The summed E-state index contributed by atoms with van der Waals surface area (Å²) in [6.07, 6.45) is 2.64. The summed E-state index contributed by atoms with van der Waals surface area (Å²) in [5, 5.41) is 6.35. The number of hydrogen-bond acceptors (Lipinski definition) is 6. The van der Waals surface area contributed by atoms with Crippen molar-refractivity contribution < 1.29 is 0 Å². The quantitative estimate of drug-likeness (QED) is 0.563. The Hall–Kier alpha value is -1.27. The molecule has 0 saturated heterocycles. The molecule has 0 aromatic carbocycles. The summed E-state index contributed by atoms with van der Waals surface area (Å²) in [6, 6.07) is 0. The molecule has 1 atom stereocenters. The van der Waals surface area contributed by atoms with E-state index in [-0.39, 0.29) is 5.41 Å². The molecule has 0 fully saturated rings. The van der Waals surface area contributed by atoms with E-state index >= 15 is 0 Å². The molecule has 1 aliphatic rings. The number of nitrogens with two attached hydrogens (primary N) is 2. The second-order valence-electron chi connectivity index (χ2n) is 6.64. The standard InChI is InChI=1S/C13H28N6/c1-12(2,3)9-16-10-8-13(15,6-7-19(4)5)18-11(14)17-10/h8,16H,6-7,9,15H2,1-5H3,(H3,14,17,18). The molecule has 19 heavy (non-hydrogen) atoms. The molecular formula is C13H28N6. The van der Waals surface area contributed by atoms with Gasteiger partial charge in [0.2, 0.25) is 0 Å². The van der Waals surface area contributed by atoms with Crippen molar-refractivity contribution in [1.82, 2.24) is 15.5 Å². The highest BCUT2D eigenvalue weighted by Gasteiger charge is 2.27. The number of rotatable bonds is 5. The first kappa shape index (κ1) is 15.8. The molecule has 1 unspecified atom stereocenters.